The highest BCUT2D eigenvalue weighted by molar-refractivity contribution is 7.89. The number of sulfonamides is 1. The van der Waals surface area contributed by atoms with Crippen molar-refractivity contribution in [1.29, 1.82) is 0 Å². The number of aryl methyl sites for hydroxylation is 1. The Morgan fingerprint density at radius 2 is 1.85 bits per heavy atom. The van der Waals surface area contributed by atoms with Crippen LogP contribution in [0.3, 0.4) is 0 Å². The molecular weight excluding hydrogens is 456 g/mol. The molecule has 1 aliphatic carbocycles. The molecule has 0 bridgehead atoms. The van der Waals surface area contributed by atoms with Gasteiger partial charge in [-0.1, -0.05) is 29.8 Å². The quantitative estimate of drug-likeness (QED) is 0.506. The van der Waals surface area contributed by atoms with E-state index in [1.807, 2.05) is 0 Å². The molecule has 0 aromatic heterocycles. The van der Waals surface area contributed by atoms with Crippen molar-refractivity contribution in [3.8, 4) is 5.75 Å². The lowest BCUT2D eigenvalue weighted by molar-refractivity contribution is 0.266. The van der Waals surface area contributed by atoms with Crippen molar-refractivity contribution < 1.29 is 13.2 Å². The molecule has 5 nitrogen and oxygen atoms in total. The zero-order chi connectivity index (χ0) is 23.3. The van der Waals surface area contributed by atoms with Crippen LogP contribution in [0.25, 0.3) is 0 Å². The Morgan fingerprint density at radius 3 is 2.61 bits per heavy atom. The molecule has 0 spiro atoms. The van der Waals surface area contributed by atoms with Gasteiger partial charge in [0.2, 0.25) is 10.0 Å². The summed E-state index contributed by atoms with van der Waals surface area (Å²) in [4.78, 5) is 0.215. The van der Waals surface area contributed by atoms with E-state index < -0.39 is 10.0 Å². The van der Waals surface area contributed by atoms with Crippen molar-refractivity contribution in [3.05, 3.63) is 58.6 Å². The van der Waals surface area contributed by atoms with Gasteiger partial charge in [-0.25, -0.2) is 8.42 Å². The van der Waals surface area contributed by atoms with Gasteiger partial charge < -0.3 is 10.1 Å². The Morgan fingerprint density at radius 1 is 1.06 bits per heavy atom. The maximum absolute atomic E-state index is 12.9. The number of piperidine rings is 1. The molecule has 1 fully saturated rings. The van der Waals surface area contributed by atoms with Crippen LogP contribution in [0.2, 0.25) is 5.02 Å². The van der Waals surface area contributed by atoms with Gasteiger partial charge in [0, 0.05) is 13.1 Å². The number of ether oxygens (including phenoxy) is 1. The number of fused-ring (bicyclic) bond motifs is 1. The second kappa shape index (κ2) is 11.2. The van der Waals surface area contributed by atoms with E-state index >= 15 is 0 Å². The summed E-state index contributed by atoms with van der Waals surface area (Å²) in [6.07, 6.45) is 7.81. The van der Waals surface area contributed by atoms with E-state index in [9.17, 15) is 8.42 Å². The van der Waals surface area contributed by atoms with E-state index in [1.165, 1.54) is 36.8 Å². The van der Waals surface area contributed by atoms with Gasteiger partial charge in [0.1, 0.15) is 10.6 Å². The van der Waals surface area contributed by atoms with Gasteiger partial charge in [-0.05, 0) is 105 Å². The van der Waals surface area contributed by atoms with Crippen molar-refractivity contribution in [2.24, 2.45) is 11.8 Å². The zero-order valence-corrected chi connectivity index (χ0v) is 21.0. The molecule has 0 radical (unpaired) electrons. The van der Waals surface area contributed by atoms with Gasteiger partial charge >= 0.3 is 0 Å². The second-order valence-electron chi connectivity index (χ2n) is 9.37. The number of hydrogen-bond donors (Lipinski definition) is 1. The number of nitrogens with zero attached hydrogens (tertiary/aromatic N) is 1. The van der Waals surface area contributed by atoms with Crippen molar-refractivity contribution in [3.63, 3.8) is 0 Å². The standard InChI is InChI=1S/C26H35ClN2O3S/c1-32-24-11-10-22-9-8-20(17-23(22)18-24)5-4-14-28-19-21-12-15-29(16-13-21)33(30,31)26-7-3-2-6-25(26)27/h2-3,6-7,10-11,18,20-21,28H,4-5,8-9,12-17,19H2,1H3. The fourth-order valence-electron chi connectivity index (χ4n) is 5.15. The van der Waals surface area contributed by atoms with Gasteiger partial charge in [0.05, 0.1) is 12.1 Å². The minimum absolute atomic E-state index is 0.215. The van der Waals surface area contributed by atoms with Gasteiger partial charge in [-0.2, -0.15) is 4.31 Å². The summed E-state index contributed by atoms with van der Waals surface area (Å²) in [5.74, 6) is 2.24. The highest BCUT2D eigenvalue weighted by Gasteiger charge is 2.30. The molecule has 0 saturated carbocycles. The molecular formula is C26H35ClN2O3S. The molecule has 1 atom stereocenters. The van der Waals surface area contributed by atoms with Crippen molar-refractivity contribution in [2.45, 2.75) is 49.8 Å². The second-order valence-corrected chi connectivity index (χ2v) is 11.7. The molecule has 1 saturated heterocycles. The van der Waals surface area contributed by atoms with E-state index in [0.29, 0.717) is 24.0 Å². The average Bonchev–Trinajstić information content (AvgIpc) is 2.83. The molecule has 2 aromatic rings. The first-order valence-electron chi connectivity index (χ1n) is 12.1. The van der Waals surface area contributed by atoms with Crippen LogP contribution in [0.4, 0.5) is 0 Å². The summed E-state index contributed by atoms with van der Waals surface area (Å²) >= 11 is 6.13. The zero-order valence-electron chi connectivity index (χ0n) is 19.4. The maximum Gasteiger partial charge on any atom is 0.244 e. The Labute approximate surface area is 203 Å². The first-order valence-corrected chi connectivity index (χ1v) is 13.9. The summed E-state index contributed by atoms with van der Waals surface area (Å²) in [6, 6.07) is 13.2. The number of rotatable bonds is 9. The lowest BCUT2D eigenvalue weighted by atomic mass is 9.81. The normalized spacial score (nSPS) is 19.9. The third-order valence-electron chi connectivity index (χ3n) is 7.17. The SMILES string of the molecule is COc1ccc2c(c1)CC(CCCNCC1CCN(S(=O)(=O)c3ccccc3Cl)CC1)CC2. The van der Waals surface area contributed by atoms with Crippen LogP contribution in [-0.4, -0.2) is 46.0 Å². The number of nitrogens with one attached hydrogen (secondary N) is 1. The van der Waals surface area contributed by atoms with Crippen molar-refractivity contribution in [1.82, 2.24) is 9.62 Å². The fourth-order valence-corrected chi connectivity index (χ4v) is 7.11. The van der Waals surface area contributed by atoms with Gasteiger partial charge in [0.25, 0.3) is 0 Å². The molecule has 1 N–H and O–H groups in total. The topological polar surface area (TPSA) is 58.6 Å². The third kappa shape index (κ3) is 6.10. The summed E-state index contributed by atoms with van der Waals surface area (Å²) < 4.78 is 32.8. The predicted molar refractivity (Wildman–Crippen MR) is 134 cm³/mol. The largest absolute Gasteiger partial charge is 0.497 e. The van der Waals surface area contributed by atoms with Crippen molar-refractivity contribution in [2.75, 3.05) is 33.3 Å². The third-order valence-corrected chi connectivity index (χ3v) is 9.57. The lowest BCUT2D eigenvalue weighted by Crippen LogP contribution is -2.40. The van der Waals surface area contributed by atoms with Gasteiger partial charge in [0.15, 0.2) is 0 Å². The number of benzene rings is 2. The van der Waals surface area contributed by atoms with Gasteiger partial charge in [-0.3, -0.25) is 0 Å². The van der Waals surface area contributed by atoms with E-state index in [-0.39, 0.29) is 4.90 Å². The molecule has 180 valence electrons. The molecule has 1 heterocycles. The highest BCUT2D eigenvalue weighted by Crippen LogP contribution is 2.31. The number of halogens is 1. The minimum atomic E-state index is -3.51. The molecule has 2 aromatic carbocycles. The lowest BCUT2D eigenvalue weighted by Gasteiger charge is -2.31. The summed E-state index contributed by atoms with van der Waals surface area (Å²) in [7, 11) is -1.78. The van der Waals surface area contributed by atoms with Crippen LogP contribution in [0, 0.1) is 11.8 Å². The minimum Gasteiger partial charge on any atom is -0.497 e. The van der Waals surface area contributed by atoms with Crippen LogP contribution in [0.15, 0.2) is 47.4 Å². The smallest absolute Gasteiger partial charge is 0.244 e. The van der Waals surface area contributed by atoms with Crippen LogP contribution < -0.4 is 10.1 Å². The molecule has 7 heteroatoms. The maximum atomic E-state index is 12.9. The van der Waals surface area contributed by atoms with Gasteiger partial charge in [-0.15, -0.1) is 0 Å². The van der Waals surface area contributed by atoms with Crippen LogP contribution >= 0.6 is 11.6 Å². The molecule has 0 amide bonds. The monoisotopic (exact) mass is 490 g/mol. The highest BCUT2D eigenvalue weighted by atomic mass is 35.5. The number of hydrogen-bond acceptors (Lipinski definition) is 4. The number of methoxy groups -OCH3 is 1. The Kier molecular flexibility index (Phi) is 8.34. The first kappa shape index (κ1) is 24.5. The van der Waals surface area contributed by atoms with Crippen molar-refractivity contribution >= 4 is 21.6 Å². The Hall–Kier alpha value is -1.60. The Balaban J connectivity index is 1.15. The van der Waals surface area contributed by atoms with Crippen LogP contribution in [-0.2, 0) is 22.9 Å². The average molecular weight is 491 g/mol. The molecule has 1 aliphatic heterocycles. The van der Waals surface area contributed by atoms with E-state index in [0.717, 1.165) is 44.0 Å². The summed E-state index contributed by atoms with van der Waals surface area (Å²) in [5.41, 5.74) is 2.94. The van der Waals surface area contributed by atoms with E-state index in [2.05, 4.69) is 23.5 Å². The van der Waals surface area contributed by atoms with Crippen LogP contribution in [0.1, 0.15) is 43.2 Å². The predicted octanol–water partition coefficient (Wildman–Crippen LogP) is 4.92. The first-order chi connectivity index (χ1) is 16.0. The Bertz CT molecular complexity index is 1040. The van der Waals surface area contributed by atoms with E-state index in [1.54, 1.807) is 35.7 Å². The fraction of sp³-hybridized carbons (Fsp3) is 0.538. The molecule has 1 unspecified atom stereocenters. The molecule has 2 aliphatic rings. The van der Waals surface area contributed by atoms with E-state index in [4.69, 9.17) is 16.3 Å². The summed E-state index contributed by atoms with van der Waals surface area (Å²) in [6.45, 7) is 3.11. The van der Waals surface area contributed by atoms with Crippen LogP contribution in [0.5, 0.6) is 5.75 Å². The molecule has 33 heavy (non-hydrogen) atoms. The molecule has 4 rings (SSSR count). The summed E-state index contributed by atoms with van der Waals surface area (Å²) in [5, 5.41) is 3.91.